The first-order valence-corrected chi connectivity index (χ1v) is 8.15. The van der Waals surface area contributed by atoms with E-state index in [4.69, 9.17) is 9.47 Å². The monoisotopic (exact) mass is 287 g/mol. The van der Waals surface area contributed by atoms with Gasteiger partial charge >= 0.3 is 0 Å². The first kappa shape index (κ1) is 19.9. The zero-order valence-corrected chi connectivity index (χ0v) is 15.1. The van der Waals surface area contributed by atoms with Gasteiger partial charge in [0.15, 0.2) is 0 Å². The SMILES string of the molecule is CCOC(C)(C)CCN(CCC(C)(C)OCC)C(C)C. The number of ether oxygens (including phenoxy) is 2. The molecule has 0 radical (unpaired) electrons. The lowest BCUT2D eigenvalue weighted by Gasteiger charge is -2.34. The van der Waals surface area contributed by atoms with Gasteiger partial charge in [-0.1, -0.05) is 0 Å². The summed E-state index contributed by atoms with van der Waals surface area (Å²) in [6, 6.07) is 0.560. The van der Waals surface area contributed by atoms with Crippen molar-refractivity contribution in [2.45, 2.75) is 85.5 Å². The van der Waals surface area contributed by atoms with E-state index in [0.717, 1.165) is 39.1 Å². The Kier molecular flexibility index (Phi) is 8.96. The highest BCUT2D eigenvalue weighted by Gasteiger charge is 2.23. The topological polar surface area (TPSA) is 21.7 Å². The molecule has 0 aliphatic carbocycles. The lowest BCUT2D eigenvalue weighted by molar-refractivity contribution is -0.0348. The van der Waals surface area contributed by atoms with Gasteiger partial charge in [-0.2, -0.15) is 0 Å². The van der Waals surface area contributed by atoms with Crippen LogP contribution in [0.5, 0.6) is 0 Å². The molecule has 0 saturated heterocycles. The van der Waals surface area contributed by atoms with Gasteiger partial charge in [0.1, 0.15) is 0 Å². The molecule has 0 N–H and O–H groups in total. The van der Waals surface area contributed by atoms with Crippen LogP contribution in [0.4, 0.5) is 0 Å². The predicted molar refractivity (Wildman–Crippen MR) is 87.4 cm³/mol. The summed E-state index contributed by atoms with van der Waals surface area (Å²) in [6.45, 7) is 21.1. The summed E-state index contributed by atoms with van der Waals surface area (Å²) in [6.07, 6.45) is 2.13. The molecule has 122 valence electrons. The van der Waals surface area contributed by atoms with E-state index >= 15 is 0 Å². The molecule has 0 saturated carbocycles. The van der Waals surface area contributed by atoms with Crippen LogP contribution in [-0.4, -0.2) is 48.4 Å². The molecular formula is C17H37NO2. The first-order valence-electron chi connectivity index (χ1n) is 8.15. The molecule has 0 fully saturated rings. The molecule has 0 bridgehead atoms. The smallest absolute Gasteiger partial charge is 0.0638 e. The van der Waals surface area contributed by atoms with Gasteiger partial charge in [0.05, 0.1) is 11.2 Å². The van der Waals surface area contributed by atoms with Gasteiger partial charge in [-0.15, -0.1) is 0 Å². The van der Waals surface area contributed by atoms with E-state index in [-0.39, 0.29) is 11.2 Å². The maximum atomic E-state index is 5.79. The quantitative estimate of drug-likeness (QED) is 0.571. The van der Waals surface area contributed by atoms with Crippen LogP contribution >= 0.6 is 0 Å². The average molecular weight is 287 g/mol. The highest BCUT2D eigenvalue weighted by Crippen LogP contribution is 2.19. The summed E-state index contributed by atoms with van der Waals surface area (Å²) in [5.41, 5.74) is -0.0609. The van der Waals surface area contributed by atoms with Crippen LogP contribution in [0.25, 0.3) is 0 Å². The van der Waals surface area contributed by atoms with Gasteiger partial charge in [-0.05, 0) is 68.2 Å². The van der Waals surface area contributed by atoms with E-state index in [0.29, 0.717) is 6.04 Å². The maximum Gasteiger partial charge on any atom is 0.0638 e. The lowest BCUT2D eigenvalue weighted by atomic mass is 10.0. The van der Waals surface area contributed by atoms with Gasteiger partial charge in [0.25, 0.3) is 0 Å². The summed E-state index contributed by atoms with van der Waals surface area (Å²) in [5.74, 6) is 0. The number of nitrogens with zero attached hydrogens (tertiary/aromatic N) is 1. The van der Waals surface area contributed by atoms with Crippen molar-refractivity contribution in [3.63, 3.8) is 0 Å². The molecule has 0 atom stereocenters. The van der Waals surface area contributed by atoms with Crippen LogP contribution in [0.2, 0.25) is 0 Å². The fourth-order valence-electron chi connectivity index (χ4n) is 2.38. The Morgan fingerprint density at radius 3 is 1.40 bits per heavy atom. The van der Waals surface area contributed by atoms with Crippen molar-refractivity contribution in [1.82, 2.24) is 4.90 Å². The van der Waals surface area contributed by atoms with Crippen LogP contribution in [0.1, 0.15) is 68.2 Å². The third-order valence-corrected chi connectivity index (χ3v) is 3.80. The van der Waals surface area contributed by atoms with E-state index in [9.17, 15) is 0 Å². The highest BCUT2D eigenvalue weighted by molar-refractivity contribution is 4.76. The van der Waals surface area contributed by atoms with Crippen molar-refractivity contribution in [3.8, 4) is 0 Å². The Balaban J connectivity index is 4.31. The minimum absolute atomic E-state index is 0.0304. The van der Waals surface area contributed by atoms with Crippen molar-refractivity contribution in [3.05, 3.63) is 0 Å². The standard InChI is InChI=1S/C17H37NO2/c1-9-19-16(5,6)11-13-18(15(3)4)14-12-17(7,8)20-10-2/h15H,9-14H2,1-8H3. The summed E-state index contributed by atoms with van der Waals surface area (Å²) < 4.78 is 11.6. The Labute approximate surface area is 127 Å². The molecule has 0 amide bonds. The zero-order valence-electron chi connectivity index (χ0n) is 15.1. The Morgan fingerprint density at radius 2 is 1.15 bits per heavy atom. The fraction of sp³-hybridized carbons (Fsp3) is 1.00. The van der Waals surface area contributed by atoms with Crippen molar-refractivity contribution >= 4 is 0 Å². The second-order valence-corrected chi connectivity index (χ2v) is 7.02. The molecule has 0 spiro atoms. The third kappa shape index (κ3) is 8.93. The molecule has 20 heavy (non-hydrogen) atoms. The van der Waals surface area contributed by atoms with E-state index in [1.807, 2.05) is 0 Å². The second kappa shape index (κ2) is 9.01. The van der Waals surface area contributed by atoms with Crippen LogP contribution in [0.3, 0.4) is 0 Å². The number of rotatable bonds is 11. The highest BCUT2D eigenvalue weighted by atomic mass is 16.5. The Morgan fingerprint density at radius 1 is 0.800 bits per heavy atom. The van der Waals surface area contributed by atoms with E-state index < -0.39 is 0 Å². The van der Waals surface area contributed by atoms with Crippen molar-refractivity contribution < 1.29 is 9.47 Å². The third-order valence-electron chi connectivity index (χ3n) is 3.80. The zero-order chi connectivity index (χ0) is 15.8. The molecule has 0 rings (SSSR count). The largest absolute Gasteiger partial charge is 0.376 e. The number of hydrogen-bond donors (Lipinski definition) is 0. The summed E-state index contributed by atoms with van der Waals surface area (Å²) in [7, 11) is 0. The van der Waals surface area contributed by atoms with E-state index in [1.165, 1.54) is 0 Å². The molecule has 0 heterocycles. The van der Waals surface area contributed by atoms with Gasteiger partial charge in [-0.3, -0.25) is 0 Å². The van der Waals surface area contributed by atoms with Crippen LogP contribution in [-0.2, 0) is 9.47 Å². The molecule has 0 aliphatic heterocycles. The van der Waals surface area contributed by atoms with Gasteiger partial charge in [-0.25, -0.2) is 0 Å². The predicted octanol–water partition coefficient (Wildman–Crippen LogP) is 4.11. The maximum absolute atomic E-state index is 5.79. The van der Waals surface area contributed by atoms with E-state index in [2.05, 4.69) is 60.3 Å². The minimum atomic E-state index is -0.0304. The van der Waals surface area contributed by atoms with Gasteiger partial charge < -0.3 is 14.4 Å². The molecule has 0 aromatic carbocycles. The molecule has 3 nitrogen and oxygen atoms in total. The van der Waals surface area contributed by atoms with Gasteiger partial charge in [0.2, 0.25) is 0 Å². The van der Waals surface area contributed by atoms with Crippen LogP contribution in [0, 0.1) is 0 Å². The lowest BCUT2D eigenvalue weighted by Crippen LogP contribution is -2.40. The molecule has 3 heteroatoms. The van der Waals surface area contributed by atoms with Crippen molar-refractivity contribution in [2.24, 2.45) is 0 Å². The normalized spacial score (nSPS) is 13.5. The minimum Gasteiger partial charge on any atom is -0.376 e. The van der Waals surface area contributed by atoms with Crippen molar-refractivity contribution in [2.75, 3.05) is 26.3 Å². The fourth-order valence-corrected chi connectivity index (χ4v) is 2.38. The van der Waals surface area contributed by atoms with Crippen LogP contribution in [0.15, 0.2) is 0 Å². The molecule has 0 aromatic heterocycles. The Hall–Kier alpha value is -0.120. The molecule has 0 unspecified atom stereocenters. The molecular weight excluding hydrogens is 250 g/mol. The average Bonchev–Trinajstić information content (AvgIpc) is 2.27. The van der Waals surface area contributed by atoms with Gasteiger partial charge in [0, 0.05) is 32.3 Å². The van der Waals surface area contributed by atoms with Crippen LogP contribution < -0.4 is 0 Å². The Bertz CT molecular complexity index is 227. The van der Waals surface area contributed by atoms with E-state index in [1.54, 1.807) is 0 Å². The molecule has 0 aromatic rings. The summed E-state index contributed by atoms with van der Waals surface area (Å²) >= 11 is 0. The van der Waals surface area contributed by atoms with Crippen molar-refractivity contribution in [1.29, 1.82) is 0 Å². The number of hydrogen-bond acceptors (Lipinski definition) is 3. The molecule has 0 aliphatic rings. The summed E-state index contributed by atoms with van der Waals surface area (Å²) in [4.78, 5) is 2.53. The second-order valence-electron chi connectivity index (χ2n) is 7.02. The summed E-state index contributed by atoms with van der Waals surface area (Å²) in [5, 5.41) is 0. The first-order chi connectivity index (χ1) is 9.13.